The van der Waals surface area contributed by atoms with Crippen molar-refractivity contribution in [2.45, 2.75) is 38.8 Å². The van der Waals surface area contributed by atoms with E-state index in [-0.39, 0.29) is 10.6 Å². The van der Waals surface area contributed by atoms with Crippen LogP contribution in [-0.4, -0.2) is 18.2 Å². The van der Waals surface area contributed by atoms with Crippen LogP contribution in [0.2, 0.25) is 0 Å². The summed E-state index contributed by atoms with van der Waals surface area (Å²) in [7, 11) is -4.39. The van der Waals surface area contributed by atoms with Gasteiger partial charge in [-0.1, -0.05) is 35.4 Å². The molecule has 0 N–H and O–H groups in total. The summed E-state index contributed by atoms with van der Waals surface area (Å²) in [6.07, 6.45) is -4.76. The van der Waals surface area contributed by atoms with Gasteiger partial charge < -0.3 is 4.18 Å². The van der Waals surface area contributed by atoms with Crippen LogP contribution < -0.4 is 4.18 Å². The van der Waals surface area contributed by atoms with Gasteiger partial charge in [0.05, 0.1) is 5.69 Å². The van der Waals surface area contributed by atoms with E-state index in [0.29, 0.717) is 17.2 Å². The second-order valence-corrected chi connectivity index (χ2v) is 8.36. The Morgan fingerprint density at radius 2 is 1.45 bits per heavy atom. The second-order valence-electron chi connectivity index (χ2n) is 6.88. The molecule has 0 bridgehead atoms. The first-order valence-corrected chi connectivity index (χ1v) is 10.1. The maximum atomic E-state index is 13.2. The normalized spacial score (nSPS) is 12.2. The Balaban J connectivity index is 2.13. The van der Waals surface area contributed by atoms with Gasteiger partial charge in [-0.2, -0.15) is 31.4 Å². The van der Waals surface area contributed by atoms with Gasteiger partial charge in [0, 0.05) is 6.07 Å². The summed E-state index contributed by atoms with van der Waals surface area (Å²) in [5.74, 6) is -0.541. The van der Waals surface area contributed by atoms with Gasteiger partial charge in [0.1, 0.15) is 4.90 Å². The predicted molar refractivity (Wildman–Crippen MR) is 102 cm³/mol. The van der Waals surface area contributed by atoms with E-state index >= 15 is 0 Å². The molecule has 0 radical (unpaired) electrons. The molecule has 3 aromatic rings. The van der Waals surface area contributed by atoms with Gasteiger partial charge in [-0.15, -0.1) is 0 Å². The molecule has 0 spiro atoms. The van der Waals surface area contributed by atoms with E-state index in [1.54, 1.807) is 38.1 Å². The average molecular weight is 424 g/mol. The molecule has 0 amide bonds. The fourth-order valence-electron chi connectivity index (χ4n) is 3.15. The molecule has 0 aliphatic heterocycles. The Morgan fingerprint density at radius 3 is 1.97 bits per heavy atom. The number of rotatable bonds is 4. The molecule has 9 heteroatoms. The Kier molecular flexibility index (Phi) is 5.20. The lowest BCUT2D eigenvalue weighted by molar-refractivity contribution is -0.141. The third-order valence-electron chi connectivity index (χ3n) is 4.30. The molecule has 154 valence electrons. The van der Waals surface area contributed by atoms with Gasteiger partial charge in [0.25, 0.3) is 0 Å². The zero-order chi connectivity index (χ0) is 21.6. The minimum atomic E-state index is -4.76. The Bertz CT molecular complexity index is 1140. The predicted octanol–water partition coefficient (Wildman–Crippen LogP) is 4.89. The standard InChI is InChI=1S/C20H19F3N2O3S/c1-12-5-7-16(8-6-12)25-18(11-17(24-25)20(21,22)23)28-29(26,27)19-14(3)9-13(2)10-15(19)4/h5-11H,1-4H3. The third-order valence-corrected chi connectivity index (χ3v) is 5.83. The highest BCUT2D eigenvalue weighted by Gasteiger charge is 2.36. The van der Waals surface area contributed by atoms with Crippen molar-refractivity contribution >= 4 is 10.1 Å². The summed E-state index contributed by atoms with van der Waals surface area (Å²) in [5, 5.41) is 3.52. The summed E-state index contributed by atoms with van der Waals surface area (Å²) in [6.45, 7) is 6.85. The zero-order valence-corrected chi connectivity index (χ0v) is 17.0. The highest BCUT2D eigenvalue weighted by atomic mass is 32.2. The van der Waals surface area contributed by atoms with E-state index < -0.39 is 27.9 Å². The fraction of sp³-hybridized carbons (Fsp3) is 0.250. The van der Waals surface area contributed by atoms with Crippen LogP contribution >= 0.6 is 0 Å². The fourth-order valence-corrected chi connectivity index (χ4v) is 4.48. The van der Waals surface area contributed by atoms with Crippen molar-refractivity contribution in [2.24, 2.45) is 0 Å². The average Bonchev–Trinajstić information content (AvgIpc) is 2.97. The van der Waals surface area contributed by atoms with Crippen molar-refractivity contribution in [3.8, 4) is 11.6 Å². The molecule has 3 rings (SSSR count). The Morgan fingerprint density at radius 1 is 0.897 bits per heavy atom. The molecule has 5 nitrogen and oxygen atoms in total. The summed E-state index contributed by atoms with van der Waals surface area (Å²) < 4.78 is 71.4. The van der Waals surface area contributed by atoms with Crippen LogP contribution in [0.4, 0.5) is 13.2 Å². The third kappa shape index (κ3) is 4.29. The van der Waals surface area contributed by atoms with Crippen LogP contribution in [0, 0.1) is 27.7 Å². The number of halogens is 3. The van der Waals surface area contributed by atoms with Crippen molar-refractivity contribution in [2.75, 3.05) is 0 Å². The van der Waals surface area contributed by atoms with Crippen LogP contribution in [0.5, 0.6) is 5.88 Å². The summed E-state index contributed by atoms with van der Waals surface area (Å²) >= 11 is 0. The molecule has 0 aliphatic carbocycles. The largest absolute Gasteiger partial charge is 0.435 e. The number of hydrogen-bond donors (Lipinski definition) is 0. The van der Waals surface area contributed by atoms with Crippen molar-refractivity contribution in [1.82, 2.24) is 9.78 Å². The van der Waals surface area contributed by atoms with E-state index in [9.17, 15) is 21.6 Å². The molecule has 2 aromatic carbocycles. The van der Waals surface area contributed by atoms with E-state index in [2.05, 4.69) is 5.10 Å². The number of aromatic nitrogens is 2. The SMILES string of the molecule is Cc1ccc(-n2nc(C(F)(F)F)cc2OS(=O)(=O)c2c(C)cc(C)cc2C)cc1. The number of aryl methyl sites for hydroxylation is 4. The van der Waals surface area contributed by atoms with Crippen LogP contribution in [0.3, 0.4) is 0 Å². The Hall–Kier alpha value is -2.81. The number of benzene rings is 2. The highest BCUT2D eigenvalue weighted by molar-refractivity contribution is 7.87. The lowest BCUT2D eigenvalue weighted by atomic mass is 10.1. The molecule has 29 heavy (non-hydrogen) atoms. The first-order chi connectivity index (χ1) is 13.4. The molecule has 0 unspecified atom stereocenters. The minimum Gasteiger partial charge on any atom is -0.358 e. The molecule has 1 aromatic heterocycles. The number of hydrogen-bond acceptors (Lipinski definition) is 4. The topological polar surface area (TPSA) is 61.2 Å². The summed E-state index contributed by atoms with van der Waals surface area (Å²) in [5.41, 5.74) is 1.63. The molecule has 0 atom stereocenters. The smallest absolute Gasteiger partial charge is 0.358 e. The van der Waals surface area contributed by atoms with Gasteiger partial charge in [-0.05, 0) is 51.0 Å². The van der Waals surface area contributed by atoms with Gasteiger partial charge in [-0.3, -0.25) is 0 Å². The van der Waals surface area contributed by atoms with E-state index in [4.69, 9.17) is 4.18 Å². The van der Waals surface area contributed by atoms with E-state index in [1.807, 2.05) is 13.8 Å². The van der Waals surface area contributed by atoms with Crippen LogP contribution in [0.25, 0.3) is 5.69 Å². The van der Waals surface area contributed by atoms with Gasteiger partial charge >= 0.3 is 16.3 Å². The molecular formula is C20H19F3N2O3S. The quantitative estimate of drug-likeness (QED) is 0.560. The van der Waals surface area contributed by atoms with Crippen LogP contribution in [0.1, 0.15) is 27.9 Å². The van der Waals surface area contributed by atoms with E-state index in [1.165, 1.54) is 12.1 Å². The number of nitrogens with zero attached hydrogens (tertiary/aromatic N) is 2. The first-order valence-electron chi connectivity index (χ1n) is 8.65. The van der Waals surface area contributed by atoms with Crippen LogP contribution in [-0.2, 0) is 16.3 Å². The summed E-state index contributed by atoms with van der Waals surface area (Å²) in [6, 6.07) is 10.3. The lowest BCUT2D eigenvalue weighted by Gasteiger charge is -2.13. The monoisotopic (exact) mass is 424 g/mol. The molecule has 0 saturated heterocycles. The van der Waals surface area contributed by atoms with Crippen molar-refractivity contribution < 1.29 is 25.8 Å². The molecule has 0 aliphatic rings. The molecular weight excluding hydrogens is 405 g/mol. The molecule has 0 fully saturated rings. The van der Waals surface area contributed by atoms with Crippen LogP contribution in [0.15, 0.2) is 47.4 Å². The minimum absolute atomic E-state index is 0.0756. The summed E-state index contributed by atoms with van der Waals surface area (Å²) in [4.78, 5) is -0.0756. The van der Waals surface area contributed by atoms with Gasteiger partial charge in [-0.25, -0.2) is 0 Å². The second kappa shape index (κ2) is 7.22. The van der Waals surface area contributed by atoms with E-state index in [0.717, 1.165) is 15.8 Å². The first kappa shape index (κ1) is 20.9. The molecule has 1 heterocycles. The van der Waals surface area contributed by atoms with Crippen molar-refractivity contribution in [3.05, 3.63) is 70.4 Å². The van der Waals surface area contributed by atoms with Gasteiger partial charge in [0.15, 0.2) is 5.69 Å². The maximum Gasteiger partial charge on any atom is 0.435 e. The van der Waals surface area contributed by atoms with Gasteiger partial charge in [0.2, 0.25) is 5.88 Å². The Labute approximate surface area is 166 Å². The van der Waals surface area contributed by atoms with Crippen molar-refractivity contribution in [3.63, 3.8) is 0 Å². The maximum absolute atomic E-state index is 13.2. The highest BCUT2D eigenvalue weighted by Crippen LogP contribution is 2.34. The zero-order valence-electron chi connectivity index (χ0n) is 16.2. The van der Waals surface area contributed by atoms with Crippen molar-refractivity contribution in [1.29, 1.82) is 0 Å². The number of alkyl halides is 3. The lowest BCUT2D eigenvalue weighted by Crippen LogP contribution is -2.15. The molecule has 0 saturated carbocycles.